The molecule has 4 heteroatoms. The van der Waals surface area contributed by atoms with Gasteiger partial charge in [0, 0.05) is 0 Å². The molecule has 0 aromatic rings. The molecule has 1 aliphatic carbocycles. The topological polar surface area (TPSA) is 66.8 Å². The van der Waals surface area contributed by atoms with Crippen LogP contribution in [0.5, 0.6) is 0 Å². The average Bonchev–Trinajstić information content (AvgIpc) is 2.84. The van der Waals surface area contributed by atoms with E-state index in [9.17, 15) is 15.0 Å². The van der Waals surface area contributed by atoms with Crippen molar-refractivity contribution < 1.29 is 19.7 Å². The molecule has 2 unspecified atom stereocenters. The minimum atomic E-state index is -0.887. The Labute approximate surface area is 94.9 Å². The molecule has 0 spiro atoms. The van der Waals surface area contributed by atoms with Crippen LogP contribution in [0, 0.1) is 5.92 Å². The first-order valence-corrected chi connectivity index (χ1v) is 5.91. The zero-order valence-corrected chi connectivity index (χ0v) is 9.21. The van der Waals surface area contributed by atoms with E-state index in [-0.39, 0.29) is 6.42 Å². The molecule has 1 heterocycles. The summed E-state index contributed by atoms with van der Waals surface area (Å²) in [7, 11) is 0. The number of aliphatic hydroxyl groups excluding tert-OH is 2. The lowest BCUT2D eigenvalue weighted by molar-refractivity contribution is -0.145. The molecule has 1 aliphatic heterocycles. The molecule has 0 aromatic carbocycles. The molecule has 2 N–H and O–H groups in total. The minimum Gasteiger partial charge on any atom is -0.456 e. The van der Waals surface area contributed by atoms with Crippen LogP contribution in [0.25, 0.3) is 0 Å². The molecule has 0 amide bonds. The van der Waals surface area contributed by atoms with Gasteiger partial charge >= 0.3 is 5.97 Å². The summed E-state index contributed by atoms with van der Waals surface area (Å²) < 4.78 is 4.86. The zero-order chi connectivity index (χ0) is 11.5. The Morgan fingerprint density at radius 2 is 2.06 bits per heavy atom. The Morgan fingerprint density at radius 3 is 2.62 bits per heavy atom. The van der Waals surface area contributed by atoms with Crippen molar-refractivity contribution in [2.75, 3.05) is 0 Å². The van der Waals surface area contributed by atoms with Gasteiger partial charge in [0.25, 0.3) is 0 Å². The largest absolute Gasteiger partial charge is 0.456 e. The second-order valence-electron chi connectivity index (χ2n) is 4.65. The van der Waals surface area contributed by atoms with Gasteiger partial charge in [0.2, 0.25) is 0 Å². The van der Waals surface area contributed by atoms with Gasteiger partial charge in [-0.2, -0.15) is 0 Å². The second-order valence-corrected chi connectivity index (χ2v) is 4.65. The van der Waals surface area contributed by atoms with E-state index in [1.807, 2.05) is 6.08 Å². The van der Waals surface area contributed by atoms with Gasteiger partial charge in [-0.3, -0.25) is 4.79 Å². The smallest absolute Gasteiger partial charge is 0.309 e. The lowest BCUT2D eigenvalue weighted by Gasteiger charge is -2.17. The summed E-state index contributed by atoms with van der Waals surface area (Å²) in [4.78, 5) is 10.9. The molecule has 0 radical (unpaired) electrons. The van der Waals surface area contributed by atoms with Crippen LogP contribution >= 0.6 is 0 Å². The van der Waals surface area contributed by atoms with E-state index < -0.39 is 24.3 Å². The molecule has 1 saturated carbocycles. The number of carbonyl (C=O) groups is 1. The number of hydrogen-bond donors (Lipinski definition) is 2. The number of carbonyl (C=O) groups excluding carboxylic acids is 1. The summed E-state index contributed by atoms with van der Waals surface area (Å²) >= 11 is 0. The third kappa shape index (κ3) is 2.62. The number of ether oxygens (including phenoxy) is 1. The van der Waals surface area contributed by atoms with E-state index in [1.165, 1.54) is 12.8 Å². The van der Waals surface area contributed by atoms with Gasteiger partial charge < -0.3 is 14.9 Å². The molecule has 3 atom stereocenters. The normalized spacial score (nSPS) is 33.5. The molecule has 2 aliphatic rings. The highest BCUT2D eigenvalue weighted by Gasteiger charge is 2.37. The van der Waals surface area contributed by atoms with E-state index in [4.69, 9.17) is 4.74 Å². The third-order valence-electron chi connectivity index (χ3n) is 3.34. The number of hydrogen-bond acceptors (Lipinski definition) is 4. The van der Waals surface area contributed by atoms with E-state index in [1.54, 1.807) is 6.08 Å². The van der Waals surface area contributed by atoms with Crippen LogP contribution in [0.15, 0.2) is 12.2 Å². The number of allylic oxidation sites excluding steroid dienone is 1. The fourth-order valence-corrected chi connectivity index (χ4v) is 2.39. The lowest BCUT2D eigenvalue weighted by atomic mass is 10.0. The van der Waals surface area contributed by atoms with Crippen molar-refractivity contribution in [2.24, 2.45) is 5.92 Å². The molecular weight excluding hydrogens is 208 g/mol. The third-order valence-corrected chi connectivity index (χ3v) is 3.34. The molecule has 0 bridgehead atoms. The van der Waals surface area contributed by atoms with Gasteiger partial charge in [-0.05, 0) is 18.8 Å². The molecule has 2 rings (SSSR count). The number of esters is 1. The summed E-state index contributed by atoms with van der Waals surface area (Å²) in [6.07, 6.45) is 5.88. The van der Waals surface area contributed by atoms with Gasteiger partial charge in [0.1, 0.15) is 12.2 Å². The maximum Gasteiger partial charge on any atom is 0.309 e. The Hall–Kier alpha value is -0.870. The first-order valence-electron chi connectivity index (χ1n) is 5.91. The first kappa shape index (κ1) is 11.6. The van der Waals surface area contributed by atoms with Crippen molar-refractivity contribution in [3.8, 4) is 0 Å². The highest BCUT2D eigenvalue weighted by atomic mass is 16.6. The van der Waals surface area contributed by atoms with E-state index >= 15 is 0 Å². The molecule has 2 fully saturated rings. The molecule has 4 nitrogen and oxygen atoms in total. The van der Waals surface area contributed by atoms with E-state index in [2.05, 4.69) is 0 Å². The highest BCUT2D eigenvalue weighted by molar-refractivity contribution is 5.72. The van der Waals surface area contributed by atoms with Crippen LogP contribution in [0.1, 0.15) is 32.1 Å². The summed E-state index contributed by atoms with van der Waals surface area (Å²) in [5.41, 5.74) is 0. The predicted octanol–water partition coefficient (Wildman–Crippen LogP) is 0.770. The van der Waals surface area contributed by atoms with Crippen molar-refractivity contribution in [2.45, 2.75) is 50.4 Å². The number of aliphatic hydroxyl groups is 2. The van der Waals surface area contributed by atoms with Crippen LogP contribution in [-0.4, -0.2) is 34.5 Å². The molecule has 16 heavy (non-hydrogen) atoms. The van der Waals surface area contributed by atoms with Gasteiger partial charge in [-0.1, -0.05) is 25.0 Å². The maximum absolute atomic E-state index is 10.9. The van der Waals surface area contributed by atoms with Crippen molar-refractivity contribution in [3.05, 3.63) is 12.2 Å². The monoisotopic (exact) mass is 226 g/mol. The molecule has 1 saturated heterocycles. The lowest BCUT2D eigenvalue weighted by Crippen LogP contribution is -2.33. The van der Waals surface area contributed by atoms with Gasteiger partial charge in [-0.15, -0.1) is 0 Å². The second kappa shape index (κ2) is 4.97. The predicted molar refractivity (Wildman–Crippen MR) is 57.6 cm³/mol. The minimum absolute atomic E-state index is 0.0149. The Bertz CT molecular complexity index is 281. The van der Waals surface area contributed by atoms with Crippen LogP contribution in [0.2, 0.25) is 0 Å². The summed E-state index contributed by atoms with van der Waals surface area (Å²) in [5, 5.41) is 19.3. The van der Waals surface area contributed by atoms with Crippen LogP contribution in [-0.2, 0) is 9.53 Å². The molecule has 90 valence electrons. The Balaban J connectivity index is 1.87. The quantitative estimate of drug-likeness (QED) is 0.551. The van der Waals surface area contributed by atoms with E-state index in [0.29, 0.717) is 5.92 Å². The number of rotatable bonds is 3. The fourth-order valence-electron chi connectivity index (χ4n) is 2.39. The highest BCUT2D eigenvalue weighted by Crippen LogP contribution is 2.26. The van der Waals surface area contributed by atoms with Gasteiger partial charge in [-0.25, -0.2) is 0 Å². The zero-order valence-electron chi connectivity index (χ0n) is 9.21. The Kier molecular flexibility index (Phi) is 3.61. The average molecular weight is 226 g/mol. The van der Waals surface area contributed by atoms with E-state index in [0.717, 1.165) is 12.8 Å². The summed E-state index contributed by atoms with van der Waals surface area (Å²) in [6.45, 7) is 0. The van der Waals surface area contributed by atoms with Crippen molar-refractivity contribution >= 4 is 5.97 Å². The van der Waals surface area contributed by atoms with Crippen LogP contribution in [0.4, 0.5) is 0 Å². The van der Waals surface area contributed by atoms with Crippen molar-refractivity contribution in [1.29, 1.82) is 0 Å². The summed E-state index contributed by atoms with van der Waals surface area (Å²) in [6, 6.07) is 0. The van der Waals surface area contributed by atoms with Crippen molar-refractivity contribution in [3.63, 3.8) is 0 Å². The first-order chi connectivity index (χ1) is 7.66. The van der Waals surface area contributed by atoms with Gasteiger partial charge in [0.05, 0.1) is 6.42 Å². The number of cyclic esters (lactones) is 1. The van der Waals surface area contributed by atoms with Crippen LogP contribution in [0.3, 0.4) is 0 Å². The molecular formula is C12H18O4. The van der Waals surface area contributed by atoms with Crippen molar-refractivity contribution in [1.82, 2.24) is 0 Å². The standard InChI is InChI=1S/C12H18O4/c13-9(6-5-8-3-1-2-4-8)12-10(14)7-11(15)16-12/h5-6,8-10,12-14H,1-4,7H2/b6-5+/t9-,10?,12?/m1/s1. The SMILES string of the molecule is O=C1CC(O)C([C@H](O)/C=C/C2CCCC2)O1. The summed E-state index contributed by atoms with van der Waals surface area (Å²) in [5.74, 6) is 0.0923. The van der Waals surface area contributed by atoms with Gasteiger partial charge in [0.15, 0.2) is 6.10 Å². The fraction of sp³-hybridized carbons (Fsp3) is 0.750. The van der Waals surface area contributed by atoms with Crippen LogP contribution < -0.4 is 0 Å². The maximum atomic E-state index is 10.9. The Morgan fingerprint density at radius 1 is 1.38 bits per heavy atom. The molecule has 0 aromatic heterocycles.